The summed E-state index contributed by atoms with van der Waals surface area (Å²) in [5.41, 5.74) is 0. The molecule has 0 fully saturated rings. The largest absolute Gasteiger partial charge is 0.544 e. The van der Waals surface area contributed by atoms with Gasteiger partial charge < -0.3 is 19.5 Å². The van der Waals surface area contributed by atoms with Crippen LogP contribution in [0.1, 0.15) is 90.4 Å². The molecule has 4 nitrogen and oxygen atoms in total. The van der Waals surface area contributed by atoms with Crippen LogP contribution in [-0.2, 0) is 4.79 Å². The van der Waals surface area contributed by atoms with Crippen LogP contribution < -0.4 is 5.11 Å². The number of carboxylic acids is 1. The maximum atomic E-state index is 10.7. The topological polar surface area (TPSA) is 60.4 Å². The van der Waals surface area contributed by atoms with Crippen LogP contribution in [0.3, 0.4) is 0 Å². The van der Waals surface area contributed by atoms with Crippen LogP contribution in [0, 0.1) is 0 Å². The van der Waals surface area contributed by atoms with Gasteiger partial charge in [0.15, 0.2) is 0 Å². The highest BCUT2D eigenvalue weighted by Crippen LogP contribution is 2.13. The number of unbranched alkanes of at least 4 members (excludes halogenated alkanes) is 11. The first-order chi connectivity index (χ1) is 11.4. The number of carbonyl (C=O) groups excluding carboxylic acids is 1. The maximum absolute atomic E-state index is 10.7. The average Bonchev–Trinajstić information content (AvgIpc) is 2.46. The lowest BCUT2D eigenvalue weighted by Gasteiger charge is -2.32. The predicted molar refractivity (Wildman–Crippen MR) is 98.6 cm³/mol. The molecule has 144 valence electrons. The fourth-order valence-electron chi connectivity index (χ4n) is 3.30. The van der Waals surface area contributed by atoms with Crippen LogP contribution in [0.2, 0.25) is 0 Å². The maximum Gasteiger partial charge on any atom is 0.119 e. The lowest BCUT2D eigenvalue weighted by molar-refractivity contribution is -0.887. The number of likely N-dealkylation sites (N-methyl/N-ethyl adjacent to an activating group) is 1. The molecule has 0 bridgehead atoms. The van der Waals surface area contributed by atoms with E-state index in [1.807, 2.05) is 14.1 Å². The van der Waals surface area contributed by atoms with Crippen LogP contribution in [0.4, 0.5) is 0 Å². The Balaban J connectivity index is 3.39. The number of carboxylic acid groups (broad SMARTS) is 1. The van der Waals surface area contributed by atoms with Crippen molar-refractivity contribution in [3.05, 3.63) is 0 Å². The Bertz CT molecular complexity index is 305. The molecule has 0 aromatic rings. The SMILES string of the molecule is CCCCCCCCCCCCCCC(O)C[N+](C)(C)CC(=O)[O-]. The summed E-state index contributed by atoms with van der Waals surface area (Å²) < 4.78 is 0.280. The molecule has 0 spiro atoms. The summed E-state index contributed by atoms with van der Waals surface area (Å²) in [5, 5.41) is 20.7. The molecule has 4 heteroatoms. The van der Waals surface area contributed by atoms with Gasteiger partial charge in [-0.25, -0.2) is 0 Å². The van der Waals surface area contributed by atoms with Gasteiger partial charge in [-0.3, -0.25) is 0 Å². The predicted octanol–water partition coefficient (Wildman–Crippen LogP) is 3.26. The van der Waals surface area contributed by atoms with E-state index in [4.69, 9.17) is 0 Å². The molecule has 0 radical (unpaired) electrons. The number of nitrogens with zero attached hydrogens (tertiary/aromatic N) is 1. The second-order valence-corrected chi connectivity index (χ2v) is 7.98. The minimum absolute atomic E-state index is 0.0461. The van der Waals surface area contributed by atoms with E-state index in [9.17, 15) is 15.0 Å². The molecule has 0 amide bonds. The molecule has 0 aliphatic carbocycles. The zero-order valence-electron chi connectivity index (χ0n) is 16.4. The Kier molecular flexibility index (Phi) is 14.3. The van der Waals surface area contributed by atoms with Crippen molar-refractivity contribution < 1.29 is 19.5 Å². The van der Waals surface area contributed by atoms with Crippen LogP contribution in [0.15, 0.2) is 0 Å². The smallest absolute Gasteiger partial charge is 0.119 e. The van der Waals surface area contributed by atoms with Gasteiger partial charge in [0, 0.05) is 0 Å². The molecule has 1 N–H and O–H groups in total. The van der Waals surface area contributed by atoms with Gasteiger partial charge in [-0.2, -0.15) is 0 Å². The van der Waals surface area contributed by atoms with Gasteiger partial charge in [0.2, 0.25) is 0 Å². The molecular weight excluding hydrogens is 302 g/mol. The van der Waals surface area contributed by atoms with Crippen LogP contribution in [0.25, 0.3) is 0 Å². The number of aliphatic hydroxyl groups is 1. The molecule has 0 aliphatic rings. The number of aliphatic hydroxyl groups excluding tert-OH is 1. The fourth-order valence-corrected chi connectivity index (χ4v) is 3.30. The summed E-state index contributed by atoms with van der Waals surface area (Å²) >= 11 is 0. The van der Waals surface area contributed by atoms with Crippen molar-refractivity contribution in [2.75, 3.05) is 27.2 Å². The van der Waals surface area contributed by atoms with Gasteiger partial charge in [-0.05, 0) is 6.42 Å². The van der Waals surface area contributed by atoms with Gasteiger partial charge in [0.05, 0.1) is 20.1 Å². The Morgan fingerprint density at radius 3 is 1.71 bits per heavy atom. The minimum Gasteiger partial charge on any atom is -0.544 e. The molecule has 0 aromatic heterocycles. The third-order valence-electron chi connectivity index (χ3n) is 4.65. The Morgan fingerprint density at radius 1 is 0.875 bits per heavy atom. The number of rotatable bonds is 17. The Labute approximate surface area is 149 Å². The molecule has 0 saturated carbocycles. The van der Waals surface area contributed by atoms with Gasteiger partial charge in [-0.15, -0.1) is 0 Å². The van der Waals surface area contributed by atoms with Crippen molar-refractivity contribution in [3.8, 4) is 0 Å². The summed E-state index contributed by atoms with van der Waals surface area (Å²) in [7, 11) is 3.64. The number of carbonyl (C=O) groups is 1. The zero-order chi connectivity index (χ0) is 18.3. The number of hydrogen-bond acceptors (Lipinski definition) is 3. The van der Waals surface area contributed by atoms with E-state index in [2.05, 4.69) is 6.92 Å². The lowest BCUT2D eigenvalue weighted by atomic mass is 10.0. The first-order valence-electron chi connectivity index (χ1n) is 10.1. The third kappa shape index (κ3) is 16.3. The van der Waals surface area contributed by atoms with Crippen molar-refractivity contribution >= 4 is 5.97 Å². The molecule has 0 aromatic carbocycles. The molecule has 0 aliphatic heterocycles. The van der Waals surface area contributed by atoms with Gasteiger partial charge in [0.25, 0.3) is 0 Å². The average molecular weight is 344 g/mol. The summed E-state index contributed by atoms with van der Waals surface area (Å²) in [5.74, 6) is -1.06. The van der Waals surface area contributed by atoms with E-state index in [1.54, 1.807) is 0 Å². The highest BCUT2D eigenvalue weighted by atomic mass is 16.4. The number of quaternary nitrogens is 1. The van der Waals surface area contributed by atoms with Crippen LogP contribution in [-0.4, -0.2) is 48.8 Å². The minimum atomic E-state index is -1.06. The molecule has 0 saturated heterocycles. The molecule has 0 rings (SSSR count). The Hall–Kier alpha value is -0.610. The monoisotopic (exact) mass is 343 g/mol. The van der Waals surface area contributed by atoms with Gasteiger partial charge in [0.1, 0.15) is 19.2 Å². The number of aliphatic carboxylic acids is 1. The summed E-state index contributed by atoms with van der Waals surface area (Å²) in [6, 6.07) is 0. The van der Waals surface area contributed by atoms with Gasteiger partial charge in [-0.1, -0.05) is 84.0 Å². The molecule has 0 heterocycles. The van der Waals surface area contributed by atoms with Crippen molar-refractivity contribution in [3.63, 3.8) is 0 Å². The molecular formula is C20H41NO3. The standard InChI is InChI=1S/C20H41NO3/c1-4-5-6-7-8-9-10-11-12-13-14-15-16-19(22)17-21(2,3)18-20(23)24/h19,22H,4-18H2,1-3H3. The van der Waals surface area contributed by atoms with Gasteiger partial charge >= 0.3 is 0 Å². The highest BCUT2D eigenvalue weighted by Gasteiger charge is 2.20. The molecule has 1 unspecified atom stereocenters. The van der Waals surface area contributed by atoms with E-state index in [0.29, 0.717) is 6.54 Å². The molecule has 1 atom stereocenters. The van der Waals surface area contributed by atoms with Crippen molar-refractivity contribution in [1.82, 2.24) is 0 Å². The number of hydrogen-bond donors (Lipinski definition) is 1. The highest BCUT2D eigenvalue weighted by molar-refractivity contribution is 5.65. The first kappa shape index (κ1) is 23.4. The van der Waals surface area contributed by atoms with Crippen LogP contribution in [0.5, 0.6) is 0 Å². The van der Waals surface area contributed by atoms with E-state index >= 15 is 0 Å². The zero-order valence-corrected chi connectivity index (χ0v) is 16.4. The molecule has 24 heavy (non-hydrogen) atoms. The van der Waals surface area contributed by atoms with E-state index < -0.39 is 12.1 Å². The van der Waals surface area contributed by atoms with E-state index in [0.717, 1.165) is 12.8 Å². The fraction of sp³-hybridized carbons (Fsp3) is 0.950. The Morgan fingerprint density at radius 2 is 1.29 bits per heavy atom. The normalized spacial score (nSPS) is 13.2. The lowest BCUT2D eigenvalue weighted by Crippen LogP contribution is -2.51. The summed E-state index contributed by atoms with van der Waals surface area (Å²) in [6.45, 7) is 2.69. The van der Waals surface area contributed by atoms with E-state index in [-0.39, 0.29) is 11.0 Å². The van der Waals surface area contributed by atoms with Crippen molar-refractivity contribution in [1.29, 1.82) is 0 Å². The second-order valence-electron chi connectivity index (χ2n) is 7.98. The van der Waals surface area contributed by atoms with Crippen molar-refractivity contribution in [2.24, 2.45) is 0 Å². The van der Waals surface area contributed by atoms with E-state index in [1.165, 1.54) is 70.6 Å². The summed E-state index contributed by atoms with van der Waals surface area (Å²) in [4.78, 5) is 10.7. The first-order valence-corrected chi connectivity index (χ1v) is 10.1. The van der Waals surface area contributed by atoms with Crippen LogP contribution >= 0.6 is 0 Å². The summed E-state index contributed by atoms with van der Waals surface area (Å²) in [6.07, 6.45) is 16.1. The third-order valence-corrected chi connectivity index (χ3v) is 4.65. The second kappa shape index (κ2) is 14.7. The quantitative estimate of drug-likeness (QED) is 0.326. The van der Waals surface area contributed by atoms with Crippen molar-refractivity contribution in [2.45, 2.75) is 96.5 Å².